The predicted octanol–water partition coefficient (Wildman–Crippen LogP) is 0.700. The van der Waals surface area contributed by atoms with Crippen molar-refractivity contribution in [2.75, 3.05) is 0 Å². The van der Waals surface area contributed by atoms with Gasteiger partial charge in [-0.1, -0.05) is 11.8 Å². The second-order valence-corrected chi connectivity index (χ2v) is 2.29. The average Bonchev–Trinajstić information content (AvgIpc) is 2.01. The third kappa shape index (κ3) is 1.57. The summed E-state index contributed by atoms with van der Waals surface area (Å²) >= 11 is 0. The standard InChI is InChI=1S/C5H10N2O4/c1-3-5(2,4(8)9)7(11)6-10/h10H,3H2,1-2H3,(H,8,9)/p-1/b7-6-. The molecule has 0 bridgehead atoms. The molecule has 0 aromatic heterocycles. The van der Waals surface area contributed by atoms with E-state index in [0.717, 1.165) is 6.92 Å². The first-order valence-corrected chi connectivity index (χ1v) is 3.03. The maximum absolute atomic E-state index is 10.6. The summed E-state index contributed by atoms with van der Waals surface area (Å²) in [5.41, 5.74) is -1.73. The van der Waals surface area contributed by atoms with Crippen LogP contribution in [0, 0.1) is 10.4 Å². The number of nitrogens with zero attached hydrogens (tertiary/aromatic N) is 2. The predicted molar refractivity (Wildman–Crippen MR) is 35.8 cm³/mol. The molecule has 0 aliphatic rings. The summed E-state index contributed by atoms with van der Waals surface area (Å²) in [6.07, 6.45) is 0.0254. The topological polar surface area (TPSA) is 98.8 Å². The number of aliphatic carboxylic acids is 1. The lowest BCUT2D eigenvalue weighted by Crippen LogP contribution is -2.42. The monoisotopic (exact) mass is 161 g/mol. The fraction of sp³-hybridized carbons (Fsp3) is 0.800. The van der Waals surface area contributed by atoms with Gasteiger partial charge in [-0.15, -0.1) is 0 Å². The van der Waals surface area contributed by atoms with Gasteiger partial charge in [-0.2, -0.15) is 0 Å². The summed E-state index contributed by atoms with van der Waals surface area (Å²) in [5, 5.41) is 30.8. The Morgan fingerprint density at radius 2 is 2.27 bits per heavy atom. The van der Waals surface area contributed by atoms with Gasteiger partial charge in [0, 0.05) is 13.3 Å². The number of carbonyl (C=O) groups is 1. The Labute approximate surface area is 63.3 Å². The third-order valence-electron chi connectivity index (χ3n) is 1.65. The van der Waals surface area contributed by atoms with Crippen molar-refractivity contribution in [2.24, 2.45) is 5.28 Å². The molecule has 64 valence electrons. The minimum absolute atomic E-state index is 0.0254. The highest BCUT2D eigenvalue weighted by Crippen LogP contribution is 2.14. The molecule has 0 saturated heterocycles. The molecular formula is C5H9N2O4-. The zero-order valence-electron chi connectivity index (χ0n) is 6.27. The fourth-order valence-electron chi connectivity index (χ4n) is 0.458. The van der Waals surface area contributed by atoms with Crippen LogP contribution in [0.2, 0.25) is 0 Å². The van der Waals surface area contributed by atoms with Gasteiger partial charge in [-0.05, 0) is 5.28 Å². The Bertz CT molecular complexity index is 191. The van der Waals surface area contributed by atoms with Gasteiger partial charge in [0.1, 0.15) is 0 Å². The third-order valence-corrected chi connectivity index (χ3v) is 1.65. The number of hydrogen-bond donors (Lipinski definition) is 1. The average molecular weight is 161 g/mol. The molecule has 0 saturated carbocycles. The van der Waals surface area contributed by atoms with Crippen molar-refractivity contribution in [2.45, 2.75) is 25.8 Å². The van der Waals surface area contributed by atoms with Crippen LogP contribution in [-0.2, 0) is 4.79 Å². The second-order valence-electron chi connectivity index (χ2n) is 2.29. The van der Waals surface area contributed by atoms with E-state index in [9.17, 15) is 15.2 Å². The van der Waals surface area contributed by atoms with E-state index in [0.29, 0.717) is 0 Å². The van der Waals surface area contributed by atoms with Crippen LogP contribution >= 0.6 is 0 Å². The van der Waals surface area contributed by atoms with Crippen LogP contribution in [-0.4, -0.2) is 21.5 Å². The Morgan fingerprint density at radius 3 is 2.36 bits per heavy atom. The van der Waals surface area contributed by atoms with Crippen LogP contribution in [0.5, 0.6) is 0 Å². The van der Waals surface area contributed by atoms with Gasteiger partial charge < -0.3 is 15.5 Å². The van der Waals surface area contributed by atoms with Crippen molar-refractivity contribution < 1.29 is 14.8 Å². The lowest BCUT2D eigenvalue weighted by atomic mass is 10.0. The quantitative estimate of drug-likeness (QED) is 0.374. The lowest BCUT2D eigenvalue weighted by Gasteiger charge is -2.19. The van der Waals surface area contributed by atoms with E-state index in [1.165, 1.54) is 6.92 Å². The summed E-state index contributed by atoms with van der Waals surface area (Å²) in [6, 6.07) is 0. The summed E-state index contributed by atoms with van der Waals surface area (Å²) in [7, 11) is 0. The zero-order chi connectivity index (χ0) is 9.07. The van der Waals surface area contributed by atoms with Gasteiger partial charge in [0.05, 0.1) is 0 Å². The molecule has 11 heavy (non-hydrogen) atoms. The molecule has 1 N–H and O–H groups in total. The molecule has 0 amide bonds. The molecule has 1 unspecified atom stereocenters. The van der Waals surface area contributed by atoms with E-state index < -0.39 is 11.5 Å². The molecule has 0 heterocycles. The smallest absolute Gasteiger partial charge is 0.379 e. The van der Waals surface area contributed by atoms with E-state index in [1.807, 2.05) is 5.28 Å². The highest BCUT2D eigenvalue weighted by Gasteiger charge is 2.41. The van der Waals surface area contributed by atoms with E-state index in [1.54, 1.807) is 0 Å². The highest BCUT2D eigenvalue weighted by molar-refractivity contribution is 5.76. The molecule has 0 aliphatic heterocycles. The summed E-state index contributed by atoms with van der Waals surface area (Å²) in [6.45, 7) is 2.63. The Balaban J connectivity index is 4.75. The first kappa shape index (κ1) is 9.67. The van der Waals surface area contributed by atoms with Crippen LogP contribution < -0.4 is 0 Å². The van der Waals surface area contributed by atoms with E-state index in [2.05, 4.69) is 0 Å². The first-order valence-electron chi connectivity index (χ1n) is 3.03. The van der Waals surface area contributed by atoms with E-state index in [-0.39, 0.29) is 11.3 Å². The maximum Gasteiger partial charge on any atom is 0.379 e. The number of hydroxylamine groups is 1. The molecule has 1 atom stereocenters. The molecule has 0 aliphatic carbocycles. The minimum Gasteiger partial charge on any atom is -0.739 e. The molecule has 0 spiro atoms. The molecule has 0 aromatic carbocycles. The zero-order valence-corrected chi connectivity index (χ0v) is 6.27. The number of rotatable bonds is 3. The van der Waals surface area contributed by atoms with Gasteiger partial charge in [0.15, 0.2) is 0 Å². The molecule has 0 rings (SSSR count). The first-order chi connectivity index (χ1) is 4.99. The largest absolute Gasteiger partial charge is 0.739 e. The van der Waals surface area contributed by atoms with Crippen molar-refractivity contribution in [1.82, 2.24) is 0 Å². The minimum atomic E-state index is -1.73. The summed E-state index contributed by atoms with van der Waals surface area (Å²) in [5.74, 6) is -1.35. The molecule has 6 nitrogen and oxygen atoms in total. The highest BCUT2D eigenvalue weighted by atomic mass is 16.6. The summed E-state index contributed by atoms with van der Waals surface area (Å²) < 4.78 is 0. The van der Waals surface area contributed by atoms with Crippen LogP contribution in [0.4, 0.5) is 0 Å². The number of hydrogen-bond acceptors (Lipinski definition) is 4. The Hall–Kier alpha value is -1.33. The van der Waals surface area contributed by atoms with Crippen molar-refractivity contribution in [3.63, 3.8) is 0 Å². The normalized spacial score (nSPS) is 17.5. The molecule has 0 aromatic rings. The van der Waals surface area contributed by atoms with E-state index >= 15 is 0 Å². The van der Waals surface area contributed by atoms with E-state index in [4.69, 9.17) is 5.11 Å². The van der Waals surface area contributed by atoms with Gasteiger partial charge in [-0.25, -0.2) is 4.79 Å². The van der Waals surface area contributed by atoms with Gasteiger partial charge >= 0.3 is 5.97 Å². The Morgan fingerprint density at radius 1 is 1.82 bits per heavy atom. The Kier molecular flexibility index (Phi) is 2.79. The van der Waals surface area contributed by atoms with Crippen LogP contribution in [0.3, 0.4) is 0 Å². The number of carboxylic acids is 1. The molecule has 0 fully saturated rings. The fourth-order valence-corrected chi connectivity index (χ4v) is 0.458. The maximum atomic E-state index is 10.6. The van der Waals surface area contributed by atoms with Gasteiger partial charge in [0.2, 0.25) is 0 Å². The van der Waals surface area contributed by atoms with Gasteiger partial charge in [-0.3, -0.25) is 0 Å². The van der Waals surface area contributed by atoms with Crippen molar-refractivity contribution in [3.05, 3.63) is 10.4 Å². The lowest BCUT2D eigenvalue weighted by molar-refractivity contribution is -0.591. The van der Waals surface area contributed by atoms with Gasteiger partial charge in [0.25, 0.3) is 5.54 Å². The van der Waals surface area contributed by atoms with Crippen LogP contribution in [0.25, 0.3) is 0 Å². The molecular weight excluding hydrogens is 152 g/mol. The van der Waals surface area contributed by atoms with Crippen LogP contribution in [0.15, 0.2) is 5.28 Å². The van der Waals surface area contributed by atoms with Crippen molar-refractivity contribution in [3.8, 4) is 0 Å². The summed E-state index contributed by atoms with van der Waals surface area (Å²) in [4.78, 5) is 10.1. The molecule has 0 radical (unpaired) electrons. The second kappa shape index (κ2) is 3.18. The van der Waals surface area contributed by atoms with Crippen molar-refractivity contribution in [1.29, 1.82) is 0 Å². The van der Waals surface area contributed by atoms with Crippen molar-refractivity contribution >= 4 is 5.97 Å². The number of carboxylic acid groups (broad SMARTS) is 1. The molecule has 6 heteroatoms. The SMILES string of the molecule is CCC(C)(C(=O)O)/[N+]([O-])=N/[O-]. The van der Waals surface area contributed by atoms with Crippen LogP contribution in [0.1, 0.15) is 20.3 Å².